The van der Waals surface area contributed by atoms with Crippen LogP contribution in [-0.4, -0.2) is 24.1 Å². The Labute approximate surface area is 169 Å². The average molecular weight is 460 g/mol. The maximum absolute atomic E-state index is 12.6. The molecule has 0 aromatic heterocycles. The molecule has 144 valence electrons. The van der Waals surface area contributed by atoms with Gasteiger partial charge in [0.05, 0.1) is 5.69 Å². The molecule has 0 aliphatic carbocycles. The first kappa shape index (κ1) is 19.9. The molecule has 1 aliphatic heterocycles. The van der Waals surface area contributed by atoms with Gasteiger partial charge in [-0.1, -0.05) is 0 Å². The second-order valence-electron chi connectivity index (χ2n) is 6.53. The number of nitrogens with zero attached hydrogens (tertiary/aromatic N) is 1. The van der Waals surface area contributed by atoms with Gasteiger partial charge in [-0.3, -0.25) is 4.79 Å². The lowest BCUT2D eigenvalue weighted by molar-refractivity contribution is -0.0964. The number of carbonyl (C=O) groups is 1. The number of nitrogens with one attached hydrogen (secondary N) is 1. The van der Waals surface area contributed by atoms with Crippen molar-refractivity contribution in [2.75, 3.05) is 16.8 Å². The van der Waals surface area contributed by atoms with Crippen LogP contribution in [0.1, 0.15) is 29.8 Å². The van der Waals surface area contributed by atoms with Crippen molar-refractivity contribution in [3.05, 3.63) is 52.0 Å². The molecule has 0 saturated carbocycles. The quantitative estimate of drug-likeness (QED) is 0.588. The maximum atomic E-state index is 12.6. The van der Waals surface area contributed by atoms with Crippen molar-refractivity contribution in [3.8, 4) is 5.75 Å². The number of halogens is 4. The van der Waals surface area contributed by atoms with Gasteiger partial charge in [0.25, 0.3) is 5.91 Å². The van der Waals surface area contributed by atoms with E-state index in [1.165, 1.54) is 24.3 Å². The van der Waals surface area contributed by atoms with E-state index in [0.717, 1.165) is 28.7 Å². The van der Waals surface area contributed by atoms with Crippen molar-refractivity contribution < 1.29 is 18.3 Å². The number of benzene rings is 2. The van der Waals surface area contributed by atoms with Gasteiger partial charge < -0.3 is 15.0 Å². The van der Waals surface area contributed by atoms with E-state index in [4.69, 9.17) is 11.6 Å². The van der Waals surface area contributed by atoms with Gasteiger partial charge in [-0.2, -0.15) is 0 Å². The molecule has 0 spiro atoms. The van der Waals surface area contributed by atoms with E-state index in [-0.39, 0.29) is 11.7 Å². The highest BCUT2D eigenvalue weighted by Gasteiger charge is 2.28. The number of carbonyl (C=O) groups excluding carboxylic acids is 1. The van der Waals surface area contributed by atoms with E-state index in [9.17, 15) is 13.6 Å². The summed E-state index contributed by atoms with van der Waals surface area (Å²) < 4.78 is 30.4. The normalized spacial score (nSPS) is 13.7. The molecule has 8 heteroatoms. The summed E-state index contributed by atoms with van der Waals surface area (Å²) in [6.45, 7) is 5.19. The lowest BCUT2D eigenvalue weighted by Gasteiger charge is -2.25. The third kappa shape index (κ3) is 4.71. The van der Waals surface area contributed by atoms with Crippen LogP contribution in [0.25, 0.3) is 0 Å². The van der Waals surface area contributed by atoms with Crippen LogP contribution in [0.4, 0.5) is 20.2 Å². The van der Waals surface area contributed by atoms with Crippen LogP contribution >= 0.6 is 27.5 Å². The molecule has 2 aromatic carbocycles. The van der Waals surface area contributed by atoms with Crippen LogP contribution in [-0.2, 0) is 6.42 Å². The minimum atomic E-state index is -3.77. The second-order valence-corrected chi connectivity index (χ2v) is 7.82. The lowest BCUT2D eigenvalue weighted by Crippen LogP contribution is -2.28. The van der Waals surface area contributed by atoms with Crippen molar-refractivity contribution in [3.63, 3.8) is 0 Å². The molecule has 1 amide bonds. The van der Waals surface area contributed by atoms with Gasteiger partial charge in [0.2, 0.25) is 0 Å². The van der Waals surface area contributed by atoms with Crippen LogP contribution in [0.5, 0.6) is 5.75 Å². The molecule has 3 rings (SSSR count). The van der Waals surface area contributed by atoms with Gasteiger partial charge >= 0.3 is 5.57 Å². The van der Waals surface area contributed by atoms with E-state index in [1.807, 2.05) is 6.07 Å². The van der Waals surface area contributed by atoms with Gasteiger partial charge in [0.1, 0.15) is 5.75 Å². The van der Waals surface area contributed by atoms with Crippen molar-refractivity contribution in [2.45, 2.75) is 31.9 Å². The molecule has 2 aromatic rings. The summed E-state index contributed by atoms with van der Waals surface area (Å²) in [7, 11) is 0. The number of ether oxygens (including phenoxy) is 1. The Kier molecular flexibility index (Phi) is 5.63. The Bertz CT molecular complexity index is 854. The highest BCUT2D eigenvalue weighted by atomic mass is 79.9. The van der Waals surface area contributed by atoms with E-state index in [0.29, 0.717) is 17.3 Å². The molecule has 0 saturated heterocycles. The highest BCUT2D eigenvalue weighted by molar-refractivity contribution is 9.10. The molecule has 1 N–H and O–H groups in total. The SMILES string of the molecule is CC(C)N1CCc2cc(C(=O)Nc3ccc(OC(F)(F)Cl)cc3)cc(Br)c21. The summed E-state index contributed by atoms with van der Waals surface area (Å²) in [5.74, 6) is -0.375. The minimum Gasteiger partial charge on any atom is -0.420 e. The Morgan fingerprint density at radius 2 is 1.96 bits per heavy atom. The fourth-order valence-corrected chi connectivity index (χ4v) is 3.93. The molecular weight excluding hydrogens is 442 g/mol. The van der Waals surface area contributed by atoms with Crippen LogP contribution in [0.3, 0.4) is 0 Å². The van der Waals surface area contributed by atoms with Crippen LogP contribution < -0.4 is 15.0 Å². The molecule has 4 nitrogen and oxygen atoms in total. The molecule has 0 atom stereocenters. The van der Waals surface area contributed by atoms with Crippen LogP contribution in [0.2, 0.25) is 0 Å². The molecular formula is C19H18BrClF2N2O2. The van der Waals surface area contributed by atoms with Gasteiger partial charge in [0.15, 0.2) is 0 Å². The number of hydrogen-bond donors (Lipinski definition) is 1. The maximum Gasteiger partial charge on any atom is 0.487 e. The zero-order valence-electron chi connectivity index (χ0n) is 14.7. The lowest BCUT2D eigenvalue weighted by atomic mass is 10.1. The Hall–Kier alpha value is -1.86. The number of amides is 1. The average Bonchev–Trinajstić information content (AvgIpc) is 3.00. The molecule has 0 bridgehead atoms. The number of rotatable bonds is 5. The summed E-state index contributed by atoms with van der Waals surface area (Å²) >= 11 is 8.31. The Balaban J connectivity index is 1.75. The fraction of sp³-hybridized carbons (Fsp3) is 0.316. The predicted molar refractivity (Wildman–Crippen MR) is 106 cm³/mol. The molecule has 0 radical (unpaired) electrons. The molecule has 1 heterocycles. The minimum absolute atomic E-state index is 0.0953. The topological polar surface area (TPSA) is 41.6 Å². The monoisotopic (exact) mass is 458 g/mol. The highest BCUT2D eigenvalue weighted by Crippen LogP contribution is 2.38. The van der Waals surface area contributed by atoms with Crippen molar-refractivity contribution in [2.24, 2.45) is 0 Å². The van der Waals surface area contributed by atoms with E-state index >= 15 is 0 Å². The first-order valence-electron chi connectivity index (χ1n) is 8.40. The molecule has 0 unspecified atom stereocenters. The number of hydrogen-bond acceptors (Lipinski definition) is 3. The summed E-state index contributed by atoms with van der Waals surface area (Å²) in [6, 6.07) is 9.63. The van der Waals surface area contributed by atoms with Crippen molar-refractivity contribution in [1.29, 1.82) is 0 Å². The number of fused-ring (bicyclic) bond motifs is 1. The van der Waals surface area contributed by atoms with Crippen LogP contribution in [0, 0.1) is 0 Å². The van der Waals surface area contributed by atoms with Crippen molar-refractivity contribution >= 4 is 44.8 Å². The number of alkyl halides is 3. The van der Waals surface area contributed by atoms with E-state index < -0.39 is 5.57 Å². The number of anilines is 2. The van der Waals surface area contributed by atoms with Gasteiger partial charge in [-0.25, -0.2) is 0 Å². The Morgan fingerprint density at radius 1 is 1.30 bits per heavy atom. The fourth-order valence-electron chi connectivity index (χ4n) is 3.11. The summed E-state index contributed by atoms with van der Waals surface area (Å²) in [5.41, 5.74) is -0.531. The summed E-state index contributed by atoms with van der Waals surface area (Å²) in [6.07, 6.45) is 0.881. The van der Waals surface area contributed by atoms with E-state index in [1.54, 1.807) is 6.07 Å². The zero-order chi connectivity index (χ0) is 19.8. The smallest absolute Gasteiger partial charge is 0.420 e. The van der Waals surface area contributed by atoms with Gasteiger partial charge in [-0.15, -0.1) is 8.78 Å². The Morgan fingerprint density at radius 3 is 2.56 bits per heavy atom. The molecule has 1 aliphatic rings. The van der Waals surface area contributed by atoms with Crippen molar-refractivity contribution in [1.82, 2.24) is 0 Å². The second kappa shape index (κ2) is 7.64. The van der Waals surface area contributed by atoms with Gasteiger partial charge in [0, 0.05) is 39.9 Å². The van der Waals surface area contributed by atoms with E-state index in [2.05, 4.69) is 44.7 Å². The first-order valence-corrected chi connectivity index (χ1v) is 9.57. The summed E-state index contributed by atoms with van der Waals surface area (Å²) in [4.78, 5) is 14.9. The third-order valence-corrected chi connectivity index (χ3v) is 4.96. The molecule has 0 fully saturated rings. The first-order chi connectivity index (χ1) is 12.6. The predicted octanol–water partition coefficient (Wildman–Crippen LogP) is 5.64. The van der Waals surface area contributed by atoms with Gasteiger partial charge in [-0.05, 0) is 78.2 Å². The summed E-state index contributed by atoms with van der Waals surface area (Å²) in [5, 5.41) is 2.75. The standard InChI is InChI=1S/C19H18BrClF2N2O2/c1-11(2)25-8-7-12-9-13(10-16(20)17(12)25)18(26)24-14-3-5-15(6-4-14)27-19(21,22)23/h3-6,9-11H,7-8H2,1-2H3,(H,24,26). The van der Waals surface area contributed by atoms with Crippen LogP contribution in [0.15, 0.2) is 40.9 Å². The largest absolute Gasteiger partial charge is 0.487 e. The zero-order valence-corrected chi connectivity index (χ0v) is 17.1. The molecule has 27 heavy (non-hydrogen) atoms. The third-order valence-electron chi connectivity index (χ3n) is 4.28.